The highest BCUT2D eigenvalue weighted by Gasteiger charge is 2.29. The van der Waals surface area contributed by atoms with E-state index in [4.69, 9.17) is 4.74 Å². The summed E-state index contributed by atoms with van der Waals surface area (Å²) in [5, 5.41) is 6.35. The number of nitrogens with zero attached hydrogens (tertiary/aromatic N) is 2. The SMILES string of the molecule is O=C1CCC(C(=O)N2CCO[C@H](Cc3cccc4ccccc34)C2)=NN1. The molecule has 4 rings (SSSR count). The number of morpholine rings is 1. The predicted molar refractivity (Wildman–Crippen MR) is 98.8 cm³/mol. The van der Waals surface area contributed by atoms with Gasteiger partial charge >= 0.3 is 0 Å². The van der Waals surface area contributed by atoms with Crippen LogP contribution in [0.5, 0.6) is 0 Å². The van der Waals surface area contributed by atoms with Gasteiger partial charge in [0.2, 0.25) is 5.91 Å². The van der Waals surface area contributed by atoms with Crippen LogP contribution in [-0.2, 0) is 20.7 Å². The quantitative estimate of drug-likeness (QED) is 0.918. The molecular formula is C20H21N3O3. The summed E-state index contributed by atoms with van der Waals surface area (Å²) >= 11 is 0. The Kier molecular flexibility index (Phi) is 4.67. The highest BCUT2D eigenvalue weighted by molar-refractivity contribution is 6.39. The number of carbonyl (C=O) groups excluding carboxylic acids is 2. The van der Waals surface area contributed by atoms with Gasteiger partial charge in [0.25, 0.3) is 5.91 Å². The van der Waals surface area contributed by atoms with E-state index in [1.807, 2.05) is 12.1 Å². The van der Waals surface area contributed by atoms with Gasteiger partial charge in [0.05, 0.1) is 12.7 Å². The van der Waals surface area contributed by atoms with Gasteiger partial charge in [-0.3, -0.25) is 9.59 Å². The van der Waals surface area contributed by atoms with Crippen molar-refractivity contribution in [3.05, 3.63) is 48.0 Å². The van der Waals surface area contributed by atoms with Gasteiger partial charge in [-0.15, -0.1) is 0 Å². The summed E-state index contributed by atoms with van der Waals surface area (Å²) in [7, 11) is 0. The van der Waals surface area contributed by atoms with Crippen molar-refractivity contribution in [2.75, 3.05) is 19.7 Å². The minimum absolute atomic E-state index is 0.0442. The Bertz CT molecular complexity index is 872. The number of rotatable bonds is 3. The summed E-state index contributed by atoms with van der Waals surface area (Å²) in [5.41, 5.74) is 4.05. The molecule has 0 radical (unpaired) electrons. The number of benzene rings is 2. The van der Waals surface area contributed by atoms with Crippen LogP contribution in [0.2, 0.25) is 0 Å². The Morgan fingerprint density at radius 1 is 1.19 bits per heavy atom. The first-order chi connectivity index (χ1) is 12.7. The molecule has 6 heteroatoms. The van der Waals surface area contributed by atoms with Crippen LogP contribution in [0, 0.1) is 0 Å². The molecule has 2 heterocycles. The third-order valence-corrected chi connectivity index (χ3v) is 4.90. The lowest BCUT2D eigenvalue weighted by Crippen LogP contribution is -2.49. The van der Waals surface area contributed by atoms with Gasteiger partial charge in [0.15, 0.2) is 0 Å². The van der Waals surface area contributed by atoms with E-state index in [2.05, 4.69) is 40.9 Å². The van der Waals surface area contributed by atoms with E-state index in [-0.39, 0.29) is 17.9 Å². The van der Waals surface area contributed by atoms with Gasteiger partial charge in [0, 0.05) is 32.4 Å². The van der Waals surface area contributed by atoms with Gasteiger partial charge in [-0.2, -0.15) is 5.10 Å². The number of ether oxygens (including phenoxy) is 1. The molecule has 134 valence electrons. The summed E-state index contributed by atoms with van der Waals surface area (Å²) in [4.78, 5) is 25.7. The van der Waals surface area contributed by atoms with Crippen molar-refractivity contribution in [1.82, 2.24) is 10.3 Å². The number of hydrogen-bond acceptors (Lipinski definition) is 4. The van der Waals surface area contributed by atoms with Gasteiger partial charge in [-0.05, 0) is 16.3 Å². The fraction of sp³-hybridized carbons (Fsp3) is 0.350. The standard InChI is InChI=1S/C20H21N3O3/c24-19-9-8-18(21-22-19)20(25)23-10-11-26-16(13-23)12-15-6-3-5-14-4-1-2-7-17(14)15/h1-7,16H,8-13H2,(H,22,24)/t16-/m1/s1. The molecule has 0 aliphatic carbocycles. The number of amides is 2. The third kappa shape index (κ3) is 3.46. The maximum atomic E-state index is 12.7. The molecule has 0 unspecified atom stereocenters. The third-order valence-electron chi connectivity index (χ3n) is 4.90. The lowest BCUT2D eigenvalue weighted by molar-refractivity contribution is -0.131. The molecule has 2 amide bonds. The van der Waals surface area contributed by atoms with E-state index in [0.717, 1.165) is 6.42 Å². The van der Waals surface area contributed by atoms with Crippen molar-refractivity contribution in [3.8, 4) is 0 Å². The molecule has 0 saturated carbocycles. The second kappa shape index (κ2) is 7.25. The lowest BCUT2D eigenvalue weighted by atomic mass is 9.99. The minimum Gasteiger partial charge on any atom is -0.374 e. The molecule has 2 aromatic carbocycles. The average molecular weight is 351 g/mol. The molecule has 2 aliphatic rings. The molecule has 1 N–H and O–H groups in total. The van der Waals surface area contributed by atoms with Crippen molar-refractivity contribution in [3.63, 3.8) is 0 Å². The molecule has 6 nitrogen and oxygen atoms in total. The lowest BCUT2D eigenvalue weighted by Gasteiger charge is -2.33. The first-order valence-corrected chi connectivity index (χ1v) is 8.93. The van der Waals surface area contributed by atoms with Crippen LogP contribution in [0.15, 0.2) is 47.6 Å². The molecule has 26 heavy (non-hydrogen) atoms. The number of hydrogen-bond donors (Lipinski definition) is 1. The number of nitrogens with one attached hydrogen (secondary N) is 1. The Balaban J connectivity index is 1.47. The van der Waals surface area contributed by atoms with Crippen LogP contribution in [0.1, 0.15) is 18.4 Å². The zero-order valence-corrected chi connectivity index (χ0v) is 14.5. The molecule has 2 aliphatic heterocycles. The van der Waals surface area contributed by atoms with Crippen LogP contribution in [0.3, 0.4) is 0 Å². The van der Waals surface area contributed by atoms with E-state index in [0.29, 0.717) is 38.2 Å². The van der Waals surface area contributed by atoms with Crippen molar-refractivity contribution < 1.29 is 14.3 Å². The van der Waals surface area contributed by atoms with Crippen LogP contribution in [-0.4, -0.2) is 48.2 Å². The monoisotopic (exact) mass is 351 g/mol. The Hall–Kier alpha value is -2.73. The first-order valence-electron chi connectivity index (χ1n) is 8.93. The smallest absolute Gasteiger partial charge is 0.270 e. The van der Waals surface area contributed by atoms with E-state index >= 15 is 0 Å². The van der Waals surface area contributed by atoms with Crippen LogP contribution < -0.4 is 5.43 Å². The molecule has 2 aromatic rings. The number of carbonyl (C=O) groups is 2. The summed E-state index contributed by atoms with van der Waals surface area (Å²) in [5.74, 6) is -0.242. The van der Waals surface area contributed by atoms with Crippen molar-refractivity contribution in [1.29, 1.82) is 0 Å². The zero-order valence-electron chi connectivity index (χ0n) is 14.5. The molecular weight excluding hydrogens is 330 g/mol. The Labute approximate surface area is 151 Å². The maximum Gasteiger partial charge on any atom is 0.270 e. The van der Waals surface area contributed by atoms with Gasteiger partial charge < -0.3 is 9.64 Å². The summed E-state index contributed by atoms with van der Waals surface area (Å²) in [6.07, 6.45) is 1.43. The van der Waals surface area contributed by atoms with Gasteiger partial charge in [-0.1, -0.05) is 42.5 Å². The molecule has 1 fully saturated rings. The summed E-state index contributed by atoms with van der Waals surface area (Å²) in [6.45, 7) is 1.60. The largest absolute Gasteiger partial charge is 0.374 e. The Morgan fingerprint density at radius 3 is 2.88 bits per heavy atom. The second-order valence-electron chi connectivity index (χ2n) is 6.68. The van der Waals surface area contributed by atoms with Crippen LogP contribution >= 0.6 is 0 Å². The van der Waals surface area contributed by atoms with Crippen molar-refractivity contribution >= 4 is 28.3 Å². The van der Waals surface area contributed by atoms with Gasteiger partial charge in [-0.25, -0.2) is 5.43 Å². The average Bonchev–Trinajstić information content (AvgIpc) is 2.69. The zero-order chi connectivity index (χ0) is 17.9. The van der Waals surface area contributed by atoms with E-state index < -0.39 is 0 Å². The fourth-order valence-corrected chi connectivity index (χ4v) is 3.55. The van der Waals surface area contributed by atoms with E-state index in [1.54, 1.807) is 4.90 Å². The molecule has 0 spiro atoms. The normalized spacial score (nSPS) is 20.6. The minimum atomic E-state index is -0.141. The predicted octanol–water partition coefficient (Wildman–Crippen LogP) is 1.88. The van der Waals surface area contributed by atoms with Crippen molar-refractivity contribution in [2.24, 2.45) is 5.10 Å². The first kappa shape index (κ1) is 16.7. The topological polar surface area (TPSA) is 71.0 Å². The van der Waals surface area contributed by atoms with Gasteiger partial charge in [0.1, 0.15) is 5.71 Å². The molecule has 0 bridgehead atoms. The summed E-state index contributed by atoms with van der Waals surface area (Å²) < 4.78 is 5.91. The Morgan fingerprint density at radius 2 is 2.04 bits per heavy atom. The highest BCUT2D eigenvalue weighted by Crippen LogP contribution is 2.22. The maximum absolute atomic E-state index is 12.7. The molecule has 1 saturated heterocycles. The van der Waals surface area contributed by atoms with Crippen molar-refractivity contribution in [2.45, 2.75) is 25.4 Å². The van der Waals surface area contributed by atoms with E-state index in [9.17, 15) is 9.59 Å². The second-order valence-corrected chi connectivity index (χ2v) is 6.68. The highest BCUT2D eigenvalue weighted by atomic mass is 16.5. The van der Waals surface area contributed by atoms with E-state index in [1.165, 1.54) is 16.3 Å². The van der Waals surface area contributed by atoms with Crippen LogP contribution in [0.25, 0.3) is 10.8 Å². The molecule has 0 aromatic heterocycles. The summed E-state index contributed by atoms with van der Waals surface area (Å²) in [6, 6.07) is 14.6. The molecule has 1 atom stereocenters. The van der Waals surface area contributed by atoms with Crippen LogP contribution in [0.4, 0.5) is 0 Å². The number of hydrazone groups is 1. The number of fused-ring (bicyclic) bond motifs is 1. The fourth-order valence-electron chi connectivity index (χ4n) is 3.55.